The van der Waals surface area contributed by atoms with Crippen molar-refractivity contribution in [3.63, 3.8) is 0 Å². The normalized spacial score (nSPS) is 17.1. The smallest absolute Gasteiger partial charge is 0.140 e. The van der Waals surface area contributed by atoms with Gasteiger partial charge in [-0.15, -0.1) is 0 Å². The summed E-state index contributed by atoms with van der Waals surface area (Å²) in [5.74, 6) is 6.84. The molecule has 0 radical (unpaired) electrons. The number of nitrogen functional groups attached to an aromatic ring is 1. The van der Waals surface area contributed by atoms with Gasteiger partial charge in [0, 0.05) is 32.5 Å². The highest BCUT2D eigenvalue weighted by atomic mass is 16.5. The standard InChI is InChI=1S/C13H22N4O/c1-17(9-11-3-6-18-7-4-11)10-12-2-5-15-13(8-12)16-14/h2,5,8,11H,3-4,6-7,9-10,14H2,1H3,(H,15,16). The number of anilines is 1. The summed E-state index contributed by atoms with van der Waals surface area (Å²) in [6, 6.07) is 4.02. The first-order chi connectivity index (χ1) is 8.78. The van der Waals surface area contributed by atoms with E-state index in [1.807, 2.05) is 12.1 Å². The first-order valence-electron chi connectivity index (χ1n) is 6.46. The van der Waals surface area contributed by atoms with E-state index in [2.05, 4.69) is 22.4 Å². The van der Waals surface area contributed by atoms with Crippen molar-refractivity contribution in [2.75, 3.05) is 32.2 Å². The minimum atomic E-state index is 0.715. The summed E-state index contributed by atoms with van der Waals surface area (Å²) in [5, 5.41) is 0. The molecule has 3 N–H and O–H groups in total. The molecule has 1 fully saturated rings. The Morgan fingerprint density at radius 2 is 2.28 bits per heavy atom. The molecule has 1 saturated heterocycles. The van der Waals surface area contributed by atoms with Gasteiger partial charge in [-0.1, -0.05) is 0 Å². The van der Waals surface area contributed by atoms with E-state index in [-0.39, 0.29) is 0 Å². The lowest BCUT2D eigenvalue weighted by Gasteiger charge is -2.27. The van der Waals surface area contributed by atoms with Gasteiger partial charge in [0.1, 0.15) is 5.82 Å². The Morgan fingerprint density at radius 3 is 3.00 bits per heavy atom. The van der Waals surface area contributed by atoms with Gasteiger partial charge in [0.25, 0.3) is 0 Å². The number of rotatable bonds is 5. The largest absolute Gasteiger partial charge is 0.381 e. The van der Waals surface area contributed by atoms with Gasteiger partial charge < -0.3 is 15.1 Å². The Balaban J connectivity index is 1.83. The van der Waals surface area contributed by atoms with Crippen LogP contribution in [0, 0.1) is 5.92 Å². The first kappa shape index (κ1) is 13.3. The van der Waals surface area contributed by atoms with Crippen LogP contribution in [0.2, 0.25) is 0 Å². The average molecular weight is 250 g/mol. The molecule has 0 amide bonds. The summed E-state index contributed by atoms with van der Waals surface area (Å²) in [6.45, 7) is 3.87. The van der Waals surface area contributed by atoms with Gasteiger partial charge >= 0.3 is 0 Å². The van der Waals surface area contributed by atoms with Crippen molar-refractivity contribution >= 4 is 5.82 Å². The van der Waals surface area contributed by atoms with Gasteiger partial charge in [0.2, 0.25) is 0 Å². The molecule has 1 aliphatic heterocycles. The number of hydrogen-bond donors (Lipinski definition) is 2. The second-order valence-electron chi connectivity index (χ2n) is 4.95. The summed E-state index contributed by atoms with van der Waals surface area (Å²) in [4.78, 5) is 6.46. The van der Waals surface area contributed by atoms with Crippen LogP contribution in [0.1, 0.15) is 18.4 Å². The van der Waals surface area contributed by atoms with E-state index in [1.165, 1.54) is 18.4 Å². The second-order valence-corrected chi connectivity index (χ2v) is 4.95. The zero-order valence-corrected chi connectivity index (χ0v) is 10.9. The van der Waals surface area contributed by atoms with Crippen LogP contribution < -0.4 is 11.3 Å². The van der Waals surface area contributed by atoms with Crippen molar-refractivity contribution < 1.29 is 4.74 Å². The van der Waals surface area contributed by atoms with Crippen LogP contribution in [0.25, 0.3) is 0 Å². The number of nitrogens with two attached hydrogens (primary N) is 1. The highest BCUT2D eigenvalue weighted by Crippen LogP contribution is 2.17. The Labute approximate surface area is 108 Å². The molecule has 2 rings (SSSR count). The molecule has 5 heteroatoms. The summed E-state index contributed by atoms with van der Waals surface area (Å²) < 4.78 is 5.38. The monoisotopic (exact) mass is 250 g/mol. The van der Waals surface area contributed by atoms with Crippen LogP contribution in [-0.2, 0) is 11.3 Å². The van der Waals surface area contributed by atoms with E-state index in [9.17, 15) is 0 Å². The fraction of sp³-hybridized carbons (Fsp3) is 0.615. The Kier molecular flexibility index (Phi) is 4.92. The molecule has 0 aromatic carbocycles. The number of aromatic nitrogens is 1. The molecule has 1 aromatic rings. The summed E-state index contributed by atoms with van der Waals surface area (Å²) in [6.07, 6.45) is 4.14. The molecule has 1 aromatic heterocycles. The zero-order valence-electron chi connectivity index (χ0n) is 10.9. The van der Waals surface area contributed by atoms with Crippen LogP contribution >= 0.6 is 0 Å². The molecular formula is C13H22N4O. The number of nitrogens with zero attached hydrogens (tertiary/aromatic N) is 2. The van der Waals surface area contributed by atoms with Crippen molar-refractivity contribution in [3.8, 4) is 0 Å². The lowest BCUT2D eigenvalue weighted by Crippen LogP contribution is -2.29. The minimum Gasteiger partial charge on any atom is -0.381 e. The van der Waals surface area contributed by atoms with Crippen LogP contribution in [-0.4, -0.2) is 36.7 Å². The van der Waals surface area contributed by atoms with Gasteiger partial charge in [-0.25, -0.2) is 10.8 Å². The SMILES string of the molecule is CN(Cc1ccnc(NN)c1)CC1CCOCC1. The van der Waals surface area contributed by atoms with Crippen molar-refractivity contribution in [1.82, 2.24) is 9.88 Å². The fourth-order valence-corrected chi connectivity index (χ4v) is 2.40. The molecule has 0 unspecified atom stereocenters. The van der Waals surface area contributed by atoms with E-state index in [4.69, 9.17) is 10.6 Å². The van der Waals surface area contributed by atoms with E-state index < -0.39 is 0 Å². The maximum absolute atomic E-state index is 5.38. The summed E-state index contributed by atoms with van der Waals surface area (Å²) in [7, 11) is 2.16. The number of pyridine rings is 1. The average Bonchev–Trinajstić information content (AvgIpc) is 2.40. The van der Waals surface area contributed by atoms with Crippen LogP contribution in [0.15, 0.2) is 18.3 Å². The fourth-order valence-electron chi connectivity index (χ4n) is 2.40. The van der Waals surface area contributed by atoms with Gasteiger partial charge in [-0.2, -0.15) is 0 Å². The topological polar surface area (TPSA) is 63.4 Å². The third kappa shape index (κ3) is 3.94. The number of hydrogen-bond acceptors (Lipinski definition) is 5. The lowest BCUT2D eigenvalue weighted by molar-refractivity contribution is 0.0549. The molecule has 0 saturated carbocycles. The Bertz CT molecular complexity index is 366. The van der Waals surface area contributed by atoms with Crippen LogP contribution in [0.4, 0.5) is 5.82 Å². The number of nitrogens with one attached hydrogen (secondary N) is 1. The van der Waals surface area contributed by atoms with Crippen molar-refractivity contribution in [2.45, 2.75) is 19.4 Å². The molecule has 5 nitrogen and oxygen atoms in total. The predicted molar refractivity (Wildman–Crippen MR) is 71.9 cm³/mol. The van der Waals surface area contributed by atoms with Gasteiger partial charge in [-0.05, 0) is 43.5 Å². The van der Waals surface area contributed by atoms with Crippen molar-refractivity contribution in [2.24, 2.45) is 11.8 Å². The Morgan fingerprint density at radius 1 is 1.50 bits per heavy atom. The van der Waals surface area contributed by atoms with E-state index in [0.29, 0.717) is 5.82 Å². The Hall–Kier alpha value is -1.17. The van der Waals surface area contributed by atoms with E-state index in [0.717, 1.165) is 32.2 Å². The molecule has 0 spiro atoms. The van der Waals surface area contributed by atoms with Crippen LogP contribution in [0.3, 0.4) is 0 Å². The molecule has 2 heterocycles. The quantitative estimate of drug-likeness (QED) is 0.608. The van der Waals surface area contributed by atoms with Gasteiger partial charge in [0.15, 0.2) is 0 Å². The molecule has 100 valence electrons. The minimum absolute atomic E-state index is 0.715. The van der Waals surface area contributed by atoms with Crippen molar-refractivity contribution in [1.29, 1.82) is 0 Å². The predicted octanol–water partition coefficient (Wildman–Crippen LogP) is 1.23. The maximum atomic E-state index is 5.38. The van der Waals surface area contributed by atoms with E-state index in [1.54, 1.807) is 6.20 Å². The first-order valence-corrected chi connectivity index (χ1v) is 6.46. The molecule has 0 bridgehead atoms. The zero-order chi connectivity index (χ0) is 12.8. The highest BCUT2D eigenvalue weighted by Gasteiger charge is 2.15. The second kappa shape index (κ2) is 6.68. The highest BCUT2D eigenvalue weighted by molar-refractivity contribution is 5.35. The van der Waals surface area contributed by atoms with Gasteiger partial charge in [-0.3, -0.25) is 0 Å². The number of ether oxygens (including phenoxy) is 1. The number of hydrazine groups is 1. The lowest BCUT2D eigenvalue weighted by atomic mass is 10.00. The van der Waals surface area contributed by atoms with Gasteiger partial charge in [0.05, 0.1) is 0 Å². The third-order valence-electron chi connectivity index (χ3n) is 3.34. The molecule has 0 atom stereocenters. The molecule has 18 heavy (non-hydrogen) atoms. The van der Waals surface area contributed by atoms with Crippen molar-refractivity contribution in [3.05, 3.63) is 23.9 Å². The molecule has 0 aliphatic carbocycles. The molecule has 1 aliphatic rings. The summed E-state index contributed by atoms with van der Waals surface area (Å²) >= 11 is 0. The molecular weight excluding hydrogens is 228 g/mol. The van der Waals surface area contributed by atoms with Crippen LogP contribution in [0.5, 0.6) is 0 Å². The summed E-state index contributed by atoms with van der Waals surface area (Å²) in [5.41, 5.74) is 3.80. The third-order valence-corrected chi connectivity index (χ3v) is 3.34. The maximum Gasteiger partial charge on any atom is 0.140 e. The van der Waals surface area contributed by atoms with E-state index >= 15 is 0 Å².